The Bertz CT molecular complexity index is 728. The van der Waals surface area contributed by atoms with Crippen LogP contribution in [0.2, 0.25) is 0 Å². The van der Waals surface area contributed by atoms with Gasteiger partial charge in [0, 0.05) is 18.5 Å². The molecule has 0 aliphatic rings. The van der Waals surface area contributed by atoms with Gasteiger partial charge in [0.2, 0.25) is 0 Å². The van der Waals surface area contributed by atoms with Gasteiger partial charge in [-0.25, -0.2) is 5.48 Å². The third-order valence-corrected chi connectivity index (χ3v) is 3.17. The van der Waals surface area contributed by atoms with E-state index in [2.05, 4.69) is 32.9 Å². The molecule has 23 heavy (non-hydrogen) atoms. The first-order chi connectivity index (χ1) is 11.3. The minimum absolute atomic E-state index is 0.458. The number of aromatic nitrogens is 4. The zero-order valence-corrected chi connectivity index (χ0v) is 12.7. The van der Waals surface area contributed by atoms with Crippen molar-refractivity contribution in [3.8, 4) is 5.75 Å². The number of anilines is 1. The first-order valence-electron chi connectivity index (χ1n) is 7.13. The summed E-state index contributed by atoms with van der Waals surface area (Å²) in [7, 11) is 1.51. The number of nitrogens with one attached hydrogen (secondary N) is 1. The highest BCUT2D eigenvalue weighted by Gasteiger charge is 2.01. The number of ether oxygens (including phenoxy) is 1. The lowest BCUT2D eigenvalue weighted by atomic mass is 10.1. The van der Waals surface area contributed by atoms with E-state index in [-0.39, 0.29) is 0 Å². The van der Waals surface area contributed by atoms with Crippen LogP contribution in [0.4, 0.5) is 5.82 Å². The molecule has 0 saturated carbocycles. The second kappa shape index (κ2) is 7.37. The van der Waals surface area contributed by atoms with Crippen LogP contribution in [0, 0.1) is 0 Å². The van der Waals surface area contributed by atoms with E-state index in [9.17, 15) is 0 Å². The van der Waals surface area contributed by atoms with Crippen LogP contribution in [0.1, 0.15) is 11.1 Å². The Morgan fingerprint density at radius 2 is 2.00 bits per heavy atom. The topological polar surface area (TPSA) is 74.1 Å². The molecule has 0 radical (unpaired) electrons. The number of rotatable bonds is 7. The largest absolute Gasteiger partial charge is 0.487 e. The fraction of sp³-hybridized carbons (Fsp3) is 0.188. The summed E-state index contributed by atoms with van der Waals surface area (Å²) >= 11 is 0. The minimum atomic E-state index is 0.458. The second-order valence-electron chi connectivity index (χ2n) is 4.89. The molecule has 0 unspecified atom stereocenters. The fourth-order valence-corrected chi connectivity index (χ4v) is 2.07. The molecule has 1 aromatic carbocycles. The van der Waals surface area contributed by atoms with Gasteiger partial charge in [-0.2, -0.15) is 10.2 Å². The lowest BCUT2D eigenvalue weighted by Crippen LogP contribution is -2.02. The highest BCUT2D eigenvalue weighted by molar-refractivity contribution is 5.36. The summed E-state index contributed by atoms with van der Waals surface area (Å²) < 4.78 is 7.60. The van der Waals surface area contributed by atoms with Crippen LogP contribution in [0.15, 0.2) is 55.0 Å². The zero-order valence-electron chi connectivity index (χ0n) is 12.7. The smallest absolute Gasteiger partial charge is 0.176 e. The average Bonchev–Trinajstić information content (AvgIpc) is 3.08. The maximum Gasteiger partial charge on any atom is 0.176 e. The summed E-state index contributed by atoms with van der Waals surface area (Å²) in [6.45, 7) is 1.22. The van der Waals surface area contributed by atoms with Crippen LogP contribution in [0.3, 0.4) is 0 Å². The lowest BCUT2D eigenvalue weighted by molar-refractivity contribution is 0.267. The number of hydrogen-bond donors (Lipinski definition) is 1. The molecule has 7 nitrogen and oxygen atoms in total. The molecule has 0 aliphatic heterocycles. The number of nitrogens with zero attached hydrogens (tertiary/aromatic N) is 4. The van der Waals surface area contributed by atoms with Crippen molar-refractivity contribution in [3.63, 3.8) is 0 Å². The molecule has 118 valence electrons. The van der Waals surface area contributed by atoms with Gasteiger partial charge in [0.05, 0.1) is 19.9 Å². The molecule has 0 fully saturated rings. The molecule has 0 saturated heterocycles. The Balaban J connectivity index is 1.57. The van der Waals surface area contributed by atoms with Crippen LogP contribution in [0.25, 0.3) is 0 Å². The van der Waals surface area contributed by atoms with E-state index >= 15 is 0 Å². The monoisotopic (exact) mass is 311 g/mol. The molecule has 1 N–H and O–H groups in total. The van der Waals surface area contributed by atoms with Gasteiger partial charge in [0.15, 0.2) is 5.82 Å². The number of benzene rings is 1. The normalized spacial score (nSPS) is 10.5. The van der Waals surface area contributed by atoms with Gasteiger partial charge in [0.1, 0.15) is 12.4 Å². The van der Waals surface area contributed by atoms with E-state index in [0.717, 1.165) is 12.1 Å². The highest BCUT2D eigenvalue weighted by Crippen LogP contribution is 2.15. The molecular weight excluding hydrogens is 294 g/mol. The van der Waals surface area contributed by atoms with Crippen LogP contribution in [-0.2, 0) is 18.0 Å². The minimum Gasteiger partial charge on any atom is -0.487 e. The van der Waals surface area contributed by atoms with Crippen molar-refractivity contribution in [3.05, 3.63) is 66.1 Å². The summed E-state index contributed by atoms with van der Waals surface area (Å²) in [5, 5.41) is 11.9. The lowest BCUT2D eigenvalue weighted by Gasteiger charge is -2.08. The van der Waals surface area contributed by atoms with Crippen molar-refractivity contribution in [2.45, 2.75) is 13.2 Å². The summed E-state index contributed by atoms with van der Waals surface area (Å²) in [5.41, 5.74) is 4.88. The summed E-state index contributed by atoms with van der Waals surface area (Å²) in [6, 6.07) is 11.9. The Kier molecular flexibility index (Phi) is 4.80. The molecule has 2 aromatic heterocycles. The standard InChI is InChI=1S/C16H17N5O2/c1-22-20-16-9-15(10-17-19-16)23-12-14-5-3-13(4-6-14)11-21-8-2-7-18-21/h2-10H,11-12H2,1H3,(H,19,20). The zero-order chi connectivity index (χ0) is 15.9. The molecule has 3 aromatic rings. The molecule has 3 rings (SSSR count). The molecule has 0 atom stereocenters. The maximum absolute atomic E-state index is 5.71. The molecule has 7 heteroatoms. The Morgan fingerprint density at radius 3 is 2.74 bits per heavy atom. The molecule has 0 aliphatic carbocycles. The molecule has 0 amide bonds. The van der Waals surface area contributed by atoms with Crippen molar-refractivity contribution in [1.82, 2.24) is 20.0 Å². The van der Waals surface area contributed by atoms with Gasteiger partial charge in [-0.3, -0.25) is 9.52 Å². The van der Waals surface area contributed by atoms with E-state index in [0.29, 0.717) is 18.2 Å². The van der Waals surface area contributed by atoms with Gasteiger partial charge >= 0.3 is 0 Å². The quantitative estimate of drug-likeness (QED) is 0.675. The Labute approximate surface area is 133 Å². The summed E-state index contributed by atoms with van der Waals surface area (Å²) in [6.07, 6.45) is 5.28. The van der Waals surface area contributed by atoms with Gasteiger partial charge in [-0.05, 0) is 17.2 Å². The van der Waals surface area contributed by atoms with Crippen LogP contribution in [-0.4, -0.2) is 27.1 Å². The summed E-state index contributed by atoms with van der Waals surface area (Å²) in [5.74, 6) is 1.12. The predicted molar refractivity (Wildman–Crippen MR) is 84.8 cm³/mol. The fourth-order valence-electron chi connectivity index (χ4n) is 2.07. The number of hydrogen-bond acceptors (Lipinski definition) is 6. The SMILES string of the molecule is CONc1cc(OCc2ccc(Cn3cccn3)cc2)cnn1. The van der Waals surface area contributed by atoms with E-state index < -0.39 is 0 Å². The Morgan fingerprint density at radius 1 is 1.17 bits per heavy atom. The first-order valence-corrected chi connectivity index (χ1v) is 7.13. The molecule has 2 heterocycles. The van der Waals surface area contributed by atoms with E-state index in [1.807, 2.05) is 29.1 Å². The third kappa shape index (κ3) is 4.27. The van der Waals surface area contributed by atoms with Gasteiger partial charge in [-0.1, -0.05) is 24.3 Å². The van der Waals surface area contributed by atoms with Crippen LogP contribution >= 0.6 is 0 Å². The molecule has 0 bridgehead atoms. The van der Waals surface area contributed by atoms with Gasteiger partial charge in [-0.15, -0.1) is 5.10 Å². The average molecular weight is 311 g/mol. The van der Waals surface area contributed by atoms with Crippen molar-refractivity contribution < 1.29 is 9.57 Å². The molecule has 0 spiro atoms. The Hall–Kier alpha value is -2.93. The molecular formula is C16H17N5O2. The van der Waals surface area contributed by atoms with E-state index in [1.54, 1.807) is 18.5 Å². The van der Waals surface area contributed by atoms with Crippen molar-refractivity contribution in [2.24, 2.45) is 0 Å². The third-order valence-electron chi connectivity index (χ3n) is 3.17. The summed E-state index contributed by atoms with van der Waals surface area (Å²) in [4.78, 5) is 4.79. The van der Waals surface area contributed by atoms with E-state index in [4.69, 9.17) is 9.57 Å². The second-order valence-corrected chi connectivity index (χ2v) is 4.89. The van der Waals surface area contributed by atoms with Crippen molar-refractivity contribution >= 4 is 5.82 Å². The van der Waals surface area contributed by atoms with Gasteiger partial charge in [0.25, 0.3) is 0 Å². The first kappa shape index (κ1) is 15.0. The van der Waals surface area contributed by atoms with E-state index in [1.165, 1.54) is 12.7 Å². The van der Waals surface area contributed by atoms with Crippen LogP contribution in [0.5, 0.6) is 5.75 Å². The predicted octanol–water partition coefficient (Wildman–Crippen LogP) is 2.27. The van der Waals surface area contributed by atoms with Crippen molar-refractivity contribution in [1.29, 1.82) is 0 Å². The van der Waals surface area contributed by atoms with Gasteiger partial charge < -0.3 is 4.74 Å². The maximum atomic E-state index is 5.71. The highest BCUT2D eigenvalue weighted by atomic mass is 16.6. The van der Waals surface area contributed by atoms with Crippen LogP contribution < -0.4 is 10.2 Å². The van der Waals surface area contributed by atoms with Crippen molar-refractivity contribution in [2.75, 3.05) is 12.6 Å².